The van der Waals surface area contributed by atoms with Gasteiger partial charge in [0.25, 0.3) is 17.3 Å². The molecule has 0 aliphatic carbocycles. The summed E-state index contributed by atoms with van der Waals surface area (Å²) in [6.07, 6.45) is 5.48. The van der Waals surface area contributed by atoms with E-state index in [-0.39, 0.29) is 17.8 Å². The van der Waals surface area contributed by atoms with E-state index < -0.39 is 38.9 Å². The zero-order valence-corrected chi connectivity index (χ0v) is 16.1. The van der Waals surface area contributed by atoms with Crippen LogP contribution in [-0.2, 0) is 9.59 Å². The van der Waals surface area contributed by atoms with Gasteiger partial charge in [-0.1, -0.05) is 6.08 Å². The molecule has 1 aromatic carbocycles. The first-order chi connectivity index (χ1) is 14.5. The van der Waals surface area contributed by atoms with E-state index in [2.05, 4.69) is 0 Å². The van der Waals surface area contributed by atoms with Crippen molar-refractivity contribution < 1.29 is 24.2 Å². The van der Waals surface area contributed by atoms with Gasteiger partial charge in [-0.3, -0.25) is 34.6 Å². The third-order valence-electron chi connectivity index (χ3n) is 4.15. The molecule has 6 N–H and O–H groups in total. The lowest BCUT2D eigenvalue weighted by molar-refractivity contribution is -0.393. The van der Waals surface area contributed by atoms with Crippen LogP contribution in [0.25, 0.3) is 0 Å². The number of benzene rings is 1. The average molecular weight is 433 g/mol. The van der Waals surface area contributed by atoms with Crippen molar-refractivity contribution in [3.8, 4) is 0 Å². The van der Waals surface area contributed by atoms with Crippen molar-refractivity contribution in [2.45, 2.75) is 6.42 Å². The van der Waals surface area contributed by atoms with Gasteiger partial charge in [0, 0.05) is 31.1 Å². The minimum Gasteiger partial charge on any atom is -0.368 e. The minimum atomic E-state index is -0.986. The Morgan fingerprint density at radius 2 is 1.58 bits per heavy atom. The van der Waals surface area contributed by atoms with Gasteiger partial charge in [0.2, 0.25) is 11.8 Å². The Morgan fingerprint density at radius 3 is 2.03 bits per heavy atom. The Balaban J connectivity index is 0.000000233. The van der Waals surface area contributed by atoms with Crippen LogP contribution < -0.4 is 22.1 Å². The van der Waals surface area contributed by atoms with Crippen molar-refractivity contribution in [2.75, 3.05) is 24.5 Å². The van der Waals surface area contributed by atoms with Gasteiger partial charge in [-0.05, 0) is 12.5 Å². The predicted molar refractivity (Wildman–Crippen MR) is 107 cm³/mol. The number of nitro benzene ring substituents is 2. The molecule has 164 valence electrons. The lowest BCUT2D eigenvalue weighted by atomic mass is 10.1. The maximum absolute atomic E-state index is 11.1. The number of carbonyl (C=O) groups excluding carboxylic acids is 3. The number of hydrogen-bond acceptors (Lipinski definition) is 9. The zero-order valence-electron chi connectivity index (χ0n) is 16.1. The third kappa shape index (κ3) is 5.99. The Bertz CT molecular complexity index is 1010. The molecule has 0 unspecified atom stereocenters. The van der Waals surface area contributed by atoms with Gasteiger partial charge in [-0.15, -0.1) is 0 Å². The molecular formula is C17H19N7O7. The van der Waals surface area contributed by atoms with E-state index >= 15 is 0 Å². The molecule has 0 atom stereocenters. The average Bonchev–Trinajstić information content (AvgIpc) is 3.52. The largest absolute Gasteiger partial charge is 0.368 e. The number of primary amides is 3. The fourth-order valence-corrected chi connectivity index (χ4v) is 2.66. The molecule has 31 heavy (non-hydrogen) atoms. The Labute approximate surface area is 174 Å². The first-order valence-electron chi connectivity index (χ1n) is 8.74. The number of nitrogens with zero attached hydrogens (tertiary/aromatic N) is 4. The smallest absolute Gasteiger partial charge is 0.299 e. The first-order valence-corrected chi connectivity index (χ1v) is 8.74. The summed E-state index contributed by atoms with van der Waals surface area (Å²) >= 11 is 0. The van der Waals surface area contributed by atoms with Crippen molar-refractivity contribution in [3.05, 3.63) is 62.0 Å². The monoisotopic (exact) mass is 433 g/mol. The lowest BCUT2D eigenvalue weighted by Crippen LogP contribution is -2.29. The molecule has 0 radical (unpaired) electrons. The number of carbonyl (C=O) groups is 3. The summed E-state index contributed by atoms with van der Waals surface area (Å²) in [7, 11) is 0. The highest BCUT2D eigenvalue weighted by atomic mass is 16.6. The van der Waals surface area contributed by atoms with Crippen LogP contribution in [-0.4, -0.2) is 52.1 Å². The van der Waals surface area contributed by atoms with Crippen molar-refractivity contribution >= 4 is 34.8 Å². The predicted octanol–water partition coefficient (Wildman–Crippen LogP) is -0.518. The normalized spacial score (nSPS) is 14.1. The van der Waals surface area contributed by atoms with Crippen molar-refractivity contribution in [3.63, 3.8) is 0 Å². The molecule has 14 heteroatoms. The van der Waals surface area contributed by atoms with Crippen LogP contribution in [0.2, 0.25) is 0 Å². The number of anilines is 1. The summed E-state index contributed by atoms with van der Waals surface area (Å²) in [4.78, 5) is 55.6. The van der Waals surface area contributed by atoms with Crippen molar-refractivity contribution in [2.24, 2.45) is 17.2 Å². The van der Waals surface area contributed by atoms with E-state index in [1.54, 1.807) is 17.2 Å². The van der Waals surface area contributed by atoms with Gasteiger partial charge < -0.3 is 27.0 Å². The molecule has 2 aliphatic heterocycles. The molecule has 0 saturated carbocycles. The van der Waals surface area contributed by atoms with E-state index in [0.717, 1.165) is 12.1 Å². The number of nitrogens with two attached hydrogens (primary N) is 3. The number of nitro groups is 2. The summed E-state index contributed by atoms with van der Waals surface area (Å²) in [5.74, 6) is -1.91. The van der Waals surface area contributed by atoms with Crippen LogP contribution in [0.3, 0.4) is 0 Å². The minimum absolute atomic E-state index is 0.0628. The maximum Gasteiger partial charge on any atom is 0.299 e. The van der Waals surface area contributed by atoms with Crippen LogP contribution in [0.4, 0.5) is 17.1 Å². The SMILES string of the molecule is NC(=O)CN1C=CCC(C(N)=O)=C1.NC(=O)c1cc(N2CC2)c([N+](=O)[O-])cc1[N+](=O)[O-]. The van der Waals surface area contributed by atoms with Gasteiger partial charge in [-0.2, -0.15) is 0 Å². The topological polar surface area (TPSA) is 222 Å². The second-order valence-electron chi connectivity index (χ2n) is 6.47. The molecule has 3 rings (SSSR count). The molecule has 2 heterocycles. The fraction of sp³-hybridized carbons (Fsp3) is 0.235. The van der Waals surface area contributed by atoms with Gasteiger partial charge in [0.05, 0.1) is 15.9 Å². The summed E-state index contributed by atoms with van der Waals surface area (Å²) in [5, 5.41) is 21.6. The zero-order chi connectivity index (χ0) is 23.3. The first kappa shape index (κ1) is 22.8. The molecule has 3 amide bonds. The summed E-state index contributed by atoms with van der Waals surface area (Å²) in [5.41, 5.74) is 14.4. The van der Waals surface area contributed by atoms with Gasteiger partial charge in [0.15, 0.2) is 0 Å². The Morgan fingerprint density at radius 1 is 0.968 bits per heavy atom. The number of hydrogen-bond donors (Lipinski definition) is 3. The Kier molecular flexibility index (Phi) is 6.87. The Hall–Kier alpha value is -4.49. The standard InChI is InChI=1S/C9H8N4O5.C8H11N3O2/c10-9(14)5-3-7(11-1-2-11)8(13(17)18)4-6(5)12(15)16;9-7(12)5-11-3-1-2-6(4-11)8(10)13/h3-4H,1-2H2,(H2,10,14);1,3-4H,2,5H2,(H2,9,12)(H2,10,13). The van der Waals surface area contributed by atoms with Crippen LogP contribution in [0.1, 0.15) is 16.8 Å². The molecule has 0 aromatic heterocycles. The highest BCUT2D eigenvalue weighted by Gasteiger charge is 2.32. The molecule has 0 bridgehead atoms. The number of amides is 3. The van der Waals surface area contributed by atoms with Crippen molar-refractivity contribution in [1.29, 1.82) is 0 Å². The fourth-order valence-electron chi connectivity index (χ4n) is 2.66. The van der Waals surface area contributed by atoms with Gasteiger partial charge in [0.1, 0.15) is 17.8 Å². The van der Waals surface area contributed by atoms with Crippen LogP contribution in [0, 0.1) is 20.2 Å². The van der Waals surface area contributed by atoms with E-state index in [0.29, 0.717) is 25.1 Å². The number of allylic oxidation sites excluding steroid dienone is 1. The van der Waals surface area contributed by atoms with Crippen LogP contribution in [0.5, 0.6) is 0 Å². The summed E-state index contributed by atoms with van der Waals surface area (Å²) in [6, 6.07) is 1.87. The van der Waals surface area contributed by atoms with E-state index in [4.69, 9.17) is 17.2 Å². The summed E-state index contributed by atoms with van der Waals surface area (Å²) < 4.78 is 0. The van der Waals surface area contributed by atoms with Crippen LogP contribution in [0.15, 0.2) is 36.2 Å². The van der Waals surface area contributed by atoms with Crippen molar-refractivity contribution in [1.82, 2.24) is 4.90 Å². The van der Waals surface area contributed by atoms with Gasteiger partial charge in [-0.25, -0.2) is 0 Å². The third-order valence-corrected chi connectivity index (χ3v) is 4.15. The van der Waals surface area contributed by atoms with Gasteiger partial charge >= 0.3 is 0 Å². The molecule has 1 saturated heterocycles. The molecule has 2 aliphatic rings. The van der Waals surface area contributed by atoms with E-state index in [9.17, 15) is 34.6 Å². The lowest BCUT2D eigenvalue weighted by Gasteiger charge is -2.18. The van der Waals surface area contributed by atoms with E-state index in [1.807, 2.05) is 0 Å². The summed E-state index contributed by atoms with van der Waals surface area (Å²) in [6.45, 7) is 1.28. The molecule has 1 fully saturated rings. The molecule has 14 nitrogen and oxygen atoms in total. The molecular weight excluding hydrogens is 414 g/mol. The maximum atomic E-state index is 11.1. The quantitative estimate of drug-likeness (QED) is 0.285. The highest BCUT2D eigenvalue weighted by Crippen LogP contribution is 2.37. The molecule has 1 aromatic rings. The second-order valence-corrected chi connectivity index (χ2v) is 6.47. The van der Waals surface area contributed by atoms with E-state index in [1.165, 1.54) is 11.1 Å². The second kappa shape index (κ2) is 9.34. The highest BCUT2D eigenvalue weighted by molar-refractivity contribution is 5.99. The van der Waals surface area contributed by atoms with Crippen LogP contribution >= 0.6 is 0 Å². The number of rotatable bonds is 7. The molecule has 0 spiro atoms.